The van der Waals surface area contributed by atoms with Gasteiger partial charge in [0.1, 0.15) is 0 Å². The highest BCUT2D eigenvalue weighted by Gasteiger charge is 2.21. The molecule has 26 heavy (non-hydrogen) atoms. The maximum Gasteiger partial charge on any atom is 0.335 e. The van der Waals surface area contributed by atoms with Crippen LogP contribution in [0.15, 0.2) is 47.4 Å². The molecule has 0 aliphatic rings. The van der Waals surface area contributed by atoms with E-state index < -0.39 is 16.0 Å². The fraction of sp³-hybridized carbons (Fsp3) is 0.222. The van der Waals surface area contributed by atoms with Gasteiger partial charge >= 0.3 is 5.97 Å². The number of amides is 1. The molecular formula is C18H20N2O5S. The van der Waals surface area contributed by atoms with Crippen molar-refractivity contribution in [3.63, 3.8) is 0 Å². The molecule has 0 aliphatic carbocycles. The van der Waals surface area contributed by atoms with Crippen molar-refractivity contribution in [1.82, 2.24) is 5.32 Å². The molecule has 0 radical (unpaired) electrons. The first-order chi connectivity index (χ1) is 12.3. The van der Waals surface area contributed by atoms with Gasteiger partial charge in [-0.1, -0.05) is 25.1 Å². The summed E-state index contributed by atoms with van der Waals surface area (Å²) in [5.41, 5.74) is 0.582. The lowest BCUT2D eigenvalue weighted by molar-refractivity contribution is 0.0696. The first kappa shape index (κ1) is 19.5. The molecule has 2 aromatic carbocycles. The van der Waals surface area contributed by atoms with Gasteiger partial charge in [0.2, 0.25) is 0 Å². The number of anilines is 1. The van der Waals surface area contributed by atoms with E-state index in [-0.39, 0.29) is 27.6 Å². The molecule has 138 valence electrons. The van der Waals surface area contributed by atoms with Crippen LogP contribution in [0.5, 0.6) is 0 Å². The Kier molecular flexibility index (Phi) is 5.99. The molecule has 7 nitrogen and oxygen atoms in total. The molecule has 0 unspecified atom stereocenters. The summed E-state index contributed by atoms with van der Waals surface area (Å²) in [6.07, 6.45) is 0.751. The van der Waals surface area contributed by atoms with Gasteiger partial charge in [-0.25, -0.2) is 13.2 Å². The molecule has 0 spiro atoms. The number of nitrogens with one attached hydrogen (secondary N) is 2. The molecule has 0 saturated carbocycles. The minimum absolute atomic E-state index is 0.126. The summed E-state index contributed by atoms with van der Waals surface area (Å²) in [7, 11) is -4.07. The zero-order valence-corrected chi connectivity index (χ0v) is 15.3. The fourth-order valence-electron chi connectivity index (χ4n) is 2.33. The van der Waals surface area contributed by atoms with Crippen LogP contribution in [0.2, 0.25) is 0 Å². The van der Waals surface area contributed by atoms with Gasteiger partial charge in [0.15, 0.2) is 0 Å². The lowest BCUT2D eigenvalue weighted by atomic mass is 10.1. The van der Waals surface area contributed by atoms with Gasteiger partial charge in [-0.3, -0.25) is 9.52 Å². The number of sulfonamides is 1. The van der Waals surface area contributed by atoms with Gasteiger partial charge in [0.05, 0.1) is 21.7 Å². The maximum absolute atomic E-state index is 12.8. The first-order valence-corrected chi connectivity index (χ1v) is 9.48. The number of carbonyl (C=O) groups excluding carboxylic acids is 1. The van der Waals surface area contributed by atoms with Crippen LogP contribution in [0.3, 0.4) is 0 Å². The third-order valence-electron chi connectivity index (χ3n) is 3.68. The van der Waals surface area contributed by atoms with Crippen molar-refractivity contribution in [2.45, 2.75) is 25.2 Å². The van der Waals surface area contributed by atoms with E-state index in [0.29, 0.717) is 12.1 Å². The van der Waals surface area contributed by atoms with Crippen LogP contribution in [0.4, 0.5) is 5.69 Å². The molecule has 0 saturated heterocycles. The highest BCUT2D eigenvalue weighted by molar-refractivity contribution is 7.92. The second kappa shape index (κ2) is 8.01. The molecule has 0 heterocycles. The Morgan fingerprint density at radius 2 is 1.81 bits per heavy atom. The molecule has 0 aromatic heterocycles. The summed E-state index contributed by atoms with van der Waals surface area (Å²) in [4.78, 5) is 23.2. The Labute approximate surface area is 152 Å². The molecule has 0 bridgehead atoms. The van der Waals surface area contributed by atoms with Crippen LogP contribution < -0.4 is 10.0 Å². The number of aromatic carboxylic acids is 1. The third-order valence-corrected chi connectivity index (χ3v) is 5.18. The summed E-state index contributed by atoms with van der Waals surface area (Å²) >= 11 is 0. The van der Waals surface area contributed by atoms with Crippen molar-refractivity contribution in [3.05, 3.63) is 59.2 Å². The van der Waals surface area contributed by atoms with E-state index in [2.05, 4.69) is 10.0 Å². The molecule has 0 atom stereocenters. The van der Waals surface area contributed by atoms with E-state index in [1.165, 1.54) is 24.3 Å². The van der Waals surface area contributed by atoms with Crippen LogP contribution in [0.25, 0.3) is 0 Å². The summed E-state index contributed by atoms with van der Waals surface area (Å²) in [6.45, 7) is 3.95. The van der Waals surface area contributed by atoms with Gasteiger partial charge in [-0.2, -0.15) is 0 Å². The largest absolute Gasteiger partial charge is 0.478 e. The summed E-state index contributed by atoms with van der Waals surface area (Å²) in [6, 6.07) is 10.1. The number of para-hydroxylation sites is 1. The standard InChI is InChI=1S/C18H20N2O5S/c1-3-10-19-17(21)14-6-4-5-7-15(14)20-26(24,25)16-11-13(18(22)23)9-8-12(16)2/h4-9,11,20H,3,10H2,1-2H3,(H,19,21)(H,22,23). The summed E-state index contributed by atoms with van der Waals surface area (Å²) in [5.74, 6) is -1.61. The highest BCUT2D eigenvalue weighted by Crippen LogP contribution is 2.23. The number of aryl methyl sites for hydroxylation is 1. The minimum Gasteiger partial charge on any atom is -0.478 e. The van der Waals surface area contributed by atoms with Crippen LogP contribution in [-0.2, 0) is 10.0 Å². The molecule has 8 heteroatoms. The number of carbonyl (C=O) groups is 2. The Morgan fingerprint density at radius 3 is 2.46 bits per heavy atom. The van der Waals surface area contributed by atoms with Crippen molar-refractivity contribution in [3.8, 4) is 0 Å². The predicted octanol–water partition coefficient (Wildman–Crippen LogP) is 2.63. The number of carboxylic acid groups (broad SMARTS) is 1. The topological polar surface area (TPSA) is 113 Å². The fourth-order valence-corrected chi connectivity index (χ4v) is 3.68. The Hall–Kier alpha value is -2.87. The predicted molar refractivity (Wildman–Crippen MR) is 98.0 cm³/mol. The van der Waals surface area contributed by atoms with Gasteiger partial charge in [-0.15, -0.1) is 0 Å². The Morgan fingerprint density at radius 1 is 1.12 bits per heavy atom. The summed E-state index contributed by atoms with van der Waals surface area (Å²) in [5, 5.41) is 11.8. The Bertz CT molecular complexity index is 938. The third kappa shape index (κ3) is 4.40. The average Bonchev–Trinajstić information content (AvgIpc) is 2.59. The quantitative estimate of drug-likeness (QED) is 0.688. The van der Waals surface area contributed by atoms with Crippen molar-refractivity contribution >= 4 is 27.6 Å². The molecule has 0 aliphatic heterocycles. The van der Waals surface area contributed by atoms with Gasteiger partial charge in [0, 0.05) is 6.54 Å². The second-order valence-corrected chi connectivity index (χ2v) is 7.34. The average molecular weight is 376 g/mol. The first-order valence-electron chi connectivity index (χ1n) is 8.00. The van der Waals surface area contributed by atoms with Gasteiger partial charge < -0.3 is 10.4 Å². The molecule has 0 fully saturated rings. The van der Waals surface area contributed by atoms with Gasteiger partial charge in [-0.05, 0) is 43.2 Å². The SMILES string of the molecule is CCCNC(=O)c1ccccc1NS(=O)(=O)c1cc(C(=O)O)ccc1C. The molecule has 3 N–H and O–H groups in total. The number of hydrogen-bond donors (Lipinski definition) is 3. The van der Waals surface area contributed by atoms with Crippen LogP contribution in [-0.4, -0.2) is 31.9 Å². The smallest absolute Gasteiger partial charge is 0.335 e. The Balaban J connectivity index is 2.41. The molecular weight excluding hydrogens is 356 g/mol. The lowest BCUT2D eigenvalue weighted by Crippen LogP contribution is -2.26. The maximum atomic E-state index is 12.8. The van der Waals surface area contributed by atoms with Crippen molar-refractivity contribution < 1.29 is 23.1 Å². The normalized spacial score (nSPS) is 11.0. The second-order valence-electron chi connectivity index (χ2n) is 5.69. The number of carboxylic acids is 1. The van der Waals surface area contributed by atoms with E-state index in [0.717, 1.165) is 12.5 Å². The van der Waals surface area contributed by atoms with Crippen molar-refractivity contribution in [2.75, 3.05) is 11.3 Å². The zero-order valence-electron chi connectivity index (χ0n) is 14.4. The van der Waals surface area contributed by atoms with Crippen molar-refractivity contribution in [1.29, 1.82) is 0 Å². The molecule has 1 amide bonds. The zero-order chi connectivity index (χ0) is 19.3. The van der Waals surface area contributed by atoms with E-state index in [1.54, 1.807) is 19.1 Å². The van der Waals surface area contributed by atoms with Crippen LogP contribution in [0, 0.1) is 6.92 Å². The monoisotopic (exact) mass is 376 g/mol. The van der Waals surface area contributed by atoms with E-state index in [9.17, 15) is 18.0 Å². The van der Waals surface area contributed by atoms with E-state index in [1.807, 2.05) is 6.92 Å². The molecule has 2 aromatic rings. The van der Waals surface area contributed by atoms with Crippen LogP contribution in [0.1, 0.15) is 39.6 Å². The number of rotatable bonds is 7. The van der Waals surface area contributed by atoms with E-state index >= 15 is 0 Å². The van der Waals surface area contributed by atoms with Gasteiger partial charge in [0.25, 0.3) is 15.9 Å². The lowest BCUT2D eigenvalue weighted by Gasteiger charge is -2.14. The van der Waals surface area contributed by atoms with Crippen molar-refractivity contribution in [2.24, 2.45) is 0 Å². The number of hydrogen-bond acceptors (Lipinski definition) is 4. The van der Waals surface area contributed by atoms with E-state index in [4.69, 9.17) is 5.11 Å². The minimum atomic E-state index is -4.07. The van der Waals surface area contributed by atoms with Crippen LogP contribution >= 0.6 is 0 Å². The number of benzene rings is 2. The highest BCUT2D eigenvalue weighted by atomic mass is 32.2. The molecule has 2 rings (SSSR count). The summed E-state index contributed by atoms with van der Waals surface area (Å²) < 4.78 is 27.9.